The number of rotatable bonds is 15. The lowest BCUT2D eigenvalue weighted by molar-refractivity contribution is -0.166. The Labute approximate surface area is 224 Å². The second kappa shape index (κ2) is 17.2. The molecule has 0 spiro atoms. The molecule has 0 aromatic heterocycles. The third-order valence-electron chi connectivity index (χ3n) is 5.49. The maximum atomic E-state index is 12.6. The smallest absolute Gasteiger partial charge is 0.459 e. The maximum absolute atomic E-state index is 12.6. The Morgan fingerprint density at radius 2 is 1.37 bits per heavy atom. The topological polar surface area (TPSA) is 150 Å². The molecule has 2 N–H and O–H groups in total. The molecule has 0 heterocycles. The minimum absolute atomic E-state index is 0.0225. The molecular formula is C27H41NO10. The number of esters is 2. The highest BCUT2D eigenvalue weighted by molar-refractivity contribution is 5.76. The van der Waals surface area contributed by atoms with Gasteiger partial charge in [-0.15, -0.1) is 0 Å². The molecule has 0 aliphatic rings. The largest absolute Gasteiger partial charge is 0.513 e. The lowest BCUT2D eigenvalue weighted by Crippen LogP contribution is -2.39. The average Bonchev–Trinajstić information content (AvgIpc) is 2.87. The highest BCUT2D eigenvalue weighted by atomic mass is 16.7. The van der Waals surface area contributed by atoms with Crippen molar-refractivity contribution in [2.45, 2.75) is 91.9 Å². The summed E-state index contributed by atoms with van der Waals surface area (Å²) in [5.41, 5.74) is 6.56. The molecular weight excluding hydrogens is 498 g/mol. The van der Waals surface area contributed by atoms with Gasteiger partial charge in [0.15, 0.2) is 11.5 Å². The van der Waals surface area contributed by atoms with Crippen LogP contribution in [-0.2, 0) is 35.0 Å². The van der Waals surface area contributed by atoms with E-state index in [-0.39, 0.29) is 49.4 Å². The summed E-state index contributed by atoms with van der Waals surface area (Å²) < 4.78 is 30.9. The first-order chi connectivity index (χ1) is 18.0. The Morgan fingerprint density at radius 3 is 1.92 bits per heavy atom. The van der Waals surface area contributed by atoms with Gasteiger partial charge in [-0.25, -0.2) is 9.59 Å². The molecule has 0 saturated heterocycles. The summed E-state index contributed by atoms with van der Waals surface area (Å²) in [6, 6.07) is 3.29. The van der Waals surface area contributed by atoms with E-state index in [9.17, 15) is 19.2 Å². The molecule has 1 unspecified atom stereocenters. The molecule has 0 amide bonds. The summed E-state index contributed by atoms with van der Waals surface area (Å²) in [7, 11) is 0. The van der Waals surface area contributed by atoms with Crippen LogP contribution in [0.4, 0.5) is 9.59 Å². The van der Waals surface area contributed by atoms with E-state index >= 15 is 0 Å². The summed E-state index contributed by atoms with van der Waals surface area (Å²) in [6.45, 7) is 11.2. The summed E-state index contributed by atoms with van der Waals surface area (Å²) in [5, 5.41) is 0. The summed E-state index contributed by atoms with van der Waals surface area (Å²) in [6.07, 6.45) is -0.954. The number of carbonyl (C=O) groups is 4. The molecule has 0 aliphatic carbocycles. The molecule has 0 saturated carbocycles. The second-order valence-corrected chi connectivity index (χ2v) is 9.05. The summed E-state index contributed by atoms with van der Waals surface area (Å²) >= 11 is 0. The minimum atomic E-state index is -1.07. The maximum Gasteiger partial charge on any atom is 0.513 e. The Bertz CT molecular complexity index is 919. The van der Waals surface area contributed by atoms with Crippen molar-refractivity contribution in [2.75, 3.05) is 13.2 Å². The first kappa shape index (κ1) is 32.7. The highest BCUT2D eigenvalue weighted by Gasteiger charge is 2.25. The third-order valence-corrected chi connectivity index (χ3v) is 5.49. The van der Waals surface area contributed by atoms with Crippen LogP contribution in [-0.4, -0.2) is 55.7 Å². The molecule has 214 valence electrons. The SMILES string of the molecule is CCCOC(=O)Oc1ccc(C[C@H](N)C(=O)O[C@@H](C)[C@H](C)OC(=O)CC(C)CC)cc1OC(=O)OCCC. The molecule has 0 radical (unpaired) electrons. The first-order valence-corrected chi connectivity index (χ1v) is 13.0. The molecule has 11 nitrogen and oxygen atoms in total. The number of ether oxygens (including phenoxy) is 6. The zero-order valence-corrected chi connectivity index (χ0v) is 23.2. The van der Waals surface area contributed by atoms with E-state index in [2.05, 4.69) is 0 Å². The molecule has 11 heteroatoms. The Balaban J connectivity index is 2.86. The van der Waals surface area contributed by atoms with Gasteiger partial charge in [-0.3, -0.25) is 9.59 Å². The average molecular weight is 540 g/mol. The van der Waals surface area contributed by atoms with E-state index in [4.69, 9.17) is 34.2 Å². The van der Waals surface area contributed by atoms with Crippen molar-refractivity contribution in [2.24, 2.45) is 11.7 Å². The van der Waals surface area contributed by atoms with Crippen LogP contribution < -0.4 is 15.2 Å². The standard InChI is InChI=1S/C27H41NO10/c1-7-12-33-26(31)37-22-11-10-20(16-23(22)38-27(32)34-13-8-2)15-21(28)25(30)36-19(6)18(5)35-24(29)14-17(4)9-3/h10-11,16-19,21H,7-9,12-15,28H2,1-6H3/t17?,18-,19-,21-/m0/s1. The van der Waals surface area contributed by atoms with Crippen LogP contribution in [0.25, 0.3) is 0 Å². The van der Waals surface area contributed by atoms with Gasteiger partial charge in [0.1, 0.15) is 18.2 Å². The quantitative estimate of drug-likeness (QED) is 0.187. The number of benzene rings is 1. The lowest BCUT2D eigenvalue weighted by atomic mass is 10.1. The van der Waals surface area contributed by atoms with Gasteiger partial charge in [0, 0.05) is 6.42 Å². The number of carbonyl (C=O) groups excluding carboxylic acids is 4. The summed E-state index contributed by atoms with van der Waals surface area (Å²) in [5.74, 6) is -1.03. The van der Waals surface area contributed by atoms with Crippen LogP contribution in [0.2, 0.25) is 0 Å². The van der Waals surface area contributed by atoms with Gasteiger partial charge in [0.05, 0.1) is 13.2 Å². The van der Waals surface area contributed by atoms with Crippen LogP contribution in [0.5, 0.6) is 11.5 Å². The Kier molecular flexibility index (Phi) is 14.8. The highest BCUT2D eigenvalue weighted by Crippen LogP contribution is 2.30. The molecule has 0 fully saturated rings. The van der Waals surface area contributed by atoms with Gasteiger partial charge in [-0.05, 0) is 56.7 Å². The predicted molar refractivity (Wildman–Crippen MR) is 138 cm³/mol. The van der Waals surface area contributed by atoms with E-state index in [0.717, 1.165) is 6.42 Å². The van der Waals surface area contributed by atoms with Crippen LogP contribution in [0, 0.1) is 5.92 Å². The number of hydrogen-bond donors (Lipinski definition) is 1. The fraction of sp³-hybridized carbons (Fsp3) is 0.630. The molecule has 0 aliphatic heterocycles. The van der Waals surface area contributed by atoms with Crippen molar-refractivity contribution < 1.29 is 47.6 Å². The zero-order valence-electron chi connectivity index (χ0n) is 23.2. The van der Waals surface area contributed by atoms with E-state index < -0.39 is 36.5 Å². The lowest BCUT2D eigenvalue weighted by Gasteiger charge is -2.23. The van der Waals surface area contributed by atoms with Crippen molar-refractivity contribution in [1.82, 2.24) is 0 Å². The normalized spacial score (nSPS) is 13.9. The van der Waals surface area contributed by atoms with E-state index in [1.807, 2.05) is 27.7 Å². The molecule has 1 rings (SSSR count). The fourth-order valence-electron chi connectivity index (χ4n) is 2.94. The second-order valence-electron chi connectivity index (χ2n) is 9.05. The molecule has 1 aromatic rings. The van der Waals surface area contributed by atoms with Crippen LogP contribution in [0.1, 0.15) is 72.8 Å². The van der Waals surface area contributed by atoms with E-state index in [1.54, 1.807) is 19.9 Å². The summed E-state index contributed by atoms with van der Waals surface area (Å²) in [4.78, 5) is 48.5. The van der Waals surface area contributed by atoms with Gasteiger partial charge < -0.3 is 34.2 Å². The van der Waals surface area contributed by atoms with Gasteiger partial charge >= 0.3 is 24.2 Å². The van der Waals surface area contributed by atoms with Crippen molar-refractivity contribution in [3.8, 4) is 11.5 Å². The number of nitrogens with two attached hydrogens (primary N) is 1. The van der Waals surface area contributed by atoms with Crippen molar-refractivity contribution in [3.05, 3.63) is 23.8 Å². The molecule has 0 bridgehead atoms. The fourth-order valence-corrected chi connectivity index (χ4v) is 2.94. The van der Waals surface area contributed by atoms with Crippen LogP contribution >= 0.6 is 0 Å². The van der Waals surface area contributed by atoms with Crippen molar-refractivity contribution in [1.29, 1.82) is 0 Å². The molecule has 4 atom stereocenters. The van der Waals surface area contributed by atoms with Gasteiger partial charge in [0.25, 0.3) is 0 Å². The van der Waals surface area contributed by atoms with Crippen LogP contribution in [0.3, 0.4) is 0 Å². The van der Waals surface area contributed by atoms with Gasteiger partial charge in [-0.1, -0.05) is 40.2 Å². The van der Waals surface area contributed by atoms with Crippen molar-refractivity contribution in [3.63, 3.8) is 0 Å². The monoisotopic (exact) mass is 539 g/mol. The van der Waals surface area contributed by atoms with E-state index in [1.165, 1.54) is 12.1 Å². The Morgan fingerprint density at radius 1 is 0.816 bits per heavy atom. The van der Waals surface area contributed by atoms with Gasteiger partial charge in [-0.2, -0.15) is 0 Å². The first-order valence-electron chi connectivity index (χ1n) is 13.0. The van der Waals surface area contributed by atoms with Gasteiger partial charge in [0.2, 0.25) is 0 Å². The van der Waals surface area contributed by atoms with E-state index in [0.29, 0.717) is 18.4 Å². The number of hydrogen-bond acceptors (Lipinski definition) is 11. The molecule has 38 heavy (non-hydrogen) atoms. The minimum Gasteiger partial charge on any atom is -0.459 e. The predicted octanol–water partition coefficient (Wildman–Crippen LogP) is 4.71. The van der Waals surface area contributed by atoms with Crippen molar-refractivity contribution >= 4 is 24.2 Å². The molecule has 1 aromatic carbocycles. The van der Waals surface area contributed by atoms with Crippen LogP contribution in [0.15, 0.2) is 18.2 Å². The zero-order chi connectivity index (χ0) is 28.7. The third kappa shape index (κ3) is 12.3. The Hall–Kier alpha value is -3.34.